The average molecular weight is 326 g/mol. The van der Waals surface area contributed by atoms with E-state index in [4.69, 9.17) is 10.00 Å². The van der Waals surface area contributed by atoms with Crippen molar-refractivity contribution in [3.63, 3.8) is 0 Å². The normalized spacial score (nSPS) is 14.8. The van der Waals surface area contributed by atoms with E-state index in [1.807, 2.05) is 18.2 Å². The molecule has 0 amide bonds. The predicted molar refractivity (Wildman–Crippen MR) is 78.6 cm³/mol. The summed E-state index contributed by atoms with van der Waals surface area (Å²) >= 11 is 3.31. The quantitative estimate of drug-likeness (QED) is 0.745. The van der Waals surface area contributed by atoms with E-state index < -0.39 is 0 Å². The van der Waals surface area contributed by atoms with E-state index in [0.29, 0.717) is 16.9 Å². The number of carbonyl (C=O) groups excluding carboxylic acids is 1. The molecule has 1 aliphatic rings. The summed E-state index contributed by atoms with van der Waals surface area (Å²) in [4.78, 5) is 11.7. The van der Waals surface area contributed by atoms with Gasteiger partial charge in [0.05, 0.1) is 11.1 Å². The minimum atomic E-state index is -0.343. The maximum Gasteiger partial charge on any atom is 0.344 e. The van der Waals surface area contributed by atoms with Gasteiger partial charge in [0, 0.05) is 10.0 Å². The maximum absolute atomic E-state index is 11.7. The van der Waals surface area contributed by atoms with Crippen molar-refractivity contribution in [2.75, 3.05) is 0 Å². The minimum absolute atomic E-state index is 0.343. The first kappa shape index (κ1) is 12.6. The van der Waals surface area contributed by atoms with Gasteiger partial charge < -0.3 is 4.74 Å². The maximum atomic E-state index is 11.7. The Morgan fingerprint density at radius 1 is 1.15 bits per heavy atom. The van der Waals surface area contributed by atoms with E-state index in [2.05, 4.69) is 22.0 Å². The summed E-state index contributed by atoms with van der Waals surface area (Å²) in [5, 5.41) is 9.02. The lowest BCUT2D eigenvalue weighted by Crippen LogP contribution is -1.92. The van der Waals surface area contributed by atoms with Crippen LogP contribution in [-0.2, 0) is 4.74 Å². The lowest BCUT2D eigenvalue weighted by molar-refractivity contribution is 0.0717. The van der Waals surface area contributed by atoms with Crippen LogP contribution in [0.1, 0.15) is 27.0 Å². The lowest BCUT2D eigenvalue weighted by atomic mass is 10.1. The van der Waals surface area contributed by atoms with Gasteiger partial charge in [-0.05, 0) is 45.8 Å². The summed E-state index contributed by atoms with van der Waals surface area (Å²) in [7, 11) is 0. The van der Waals surface area contributed by atoms with E-state index in [9.17, 15) is 4.79 Å². The van der Waals surface area contributed by atoms with Crippen molar-refractivity contribution in [2.24, 2.45) is 0 Å². The Labute approximate surface area is 124 Å². The van der Waals surface area contributed by atoms with Crippen LogP contribution in [0, 0.1) is 11.3 Å². The molecule has 0 spiro atoms. The highest BCUT2D eigenvalue weighted by molar-refractivity contribution is 9.10. The van der Waals surface area contributed by atoms with Gasteiger partial charge in [-0.3, -0.25) is 0 Å². The predicted octanol–water partition coefficient (Wildman–Crippen LogP) is 3.99. The van der Waals surface area contributed by atoms with Gasteiger partial charge in [0.25, 0.3) is 0 Å². The molecule has 3 rings (SSSR count). The van der Waals surface area contributed by atoms with Crippen LogP contribution in [0.15, 0.2) is 46.9 Å². The summed E-state index contributed by atoms with van der Waals surface area (Å²) in [6, 6.07) is 14.7. The third-order valence-corrected chi connectivity index (χ3v) is 3.72. The van der Waals surface area contributed by atoms with Crippen molar-refractivity contribution in [1.82, 2.24) is 0 Å². The summed E-state index contributed by atoms with van der Waals surface area (Å²) < 4.78 is 6.01. The fourth-order valence-electron chi connectivity index (χ4n) is 2.06. The molecule has 3 nitrogen and oxygen atoms in total. The summed E-state index contributed by atoms with van der Waals surface area (Å²) in [6.45, 7) is 0. The molecule has 0 atom stereocenters. The number of esters is 1. The third kappa shape index (κ3) is 2.13. The molecule has 4 heteroatoms. The molecule has 2 aromatic carbocycles. The van der Waals surface area contributed by atoms with Gasteiger partial charge >= 0.3 is 5.97 Å². The van der Waals surface area contributed by atoms with Gasteiger partial charge in [-0.15, -0.1) is 0 Å². The molecule has 20 heavy (non-hydrogen) atoms. The highest BCUT2D eigenvalue weighted by Gasteiger charge is 2.25. The second-order valence-electron chi connectivity index (χ2n) is 4.29. The molecule has 0 N–H and O–H groups in total. The molecule has 0 unspecified atom stereocenters. The molecule has 0 bridgehead atoms. The average Bonchev–Trinajstić information content (AvgIpc) is 2.78. The molecule has 96 valence electrons. The van der Waals surface area contributed by atoms with Gasteiger partial charge in [-0.2, -0.15) is 5.26 Å². The van der Waals surface area contributed by atoms with Gasteiger partial charge in [-0.25, -0.2) is 4.79 Å². The molecule has 0 aliphatic carbocycles. The van der Waals surface area contributed by atoms with E-state index in [-0.39, 0.29) is 5.97 Å². The Hall–Kier alpha value is -2.38. The smallest absolute Gasteiger partial charge is 0.344 e. The number of hydrogen-bond acceptors (Lipinski definition) is 3. The van der Waals surface area contributed by atoms with E-state index in [1.165, 1.54) is 0 Å². The number of nitriles is 1. The Bertz CT molecular complexity index is 787. The number of halogens is 1. The summed E-state index contributed by atoms with van der Waals surface area (Å²) in [5.41, 5.74) is 2.69. The van der Waals surface area contributed by atoms with Gasteiger partial charge in [0.1, 0.15) is 11.8 Å². The number of carbonyl (C=O) groups is 1. The largest absolute Gasteiger partial charge is 0.422 e. The number of nitrogens with zero attached hydrogens (tertiary/aromatic N) is 1. The lowest BCUT2D eigenvalue weighted by Gasteiger charge is -2.01. The van der Waals surface area contributed by atoms with Crippen molar-refractivity contribution >= 4 is 33.7 Å². The van der Waals surface area contributed by atoms with Crippen LogP contribution in [0.2, 0.25) is 0 Å². The Kier molecular flexibility index (Phi) is 3.13. The van der Waals surface area contributed by atoms with Crippen LogP contribution in [0.4, 0.5) is 0 Å². The number of benzene rings is 2. The second kappa shape index (κ2) is 4.95. The van der Waals surface area contributed by atoms with Crippen molar-refractivity contribution < 1.29 is 9.53 Å². The highest BCUT2D eigenvalue weighted by Crippen LogP contribution is 2.31. The molecule has 0 saturated carbocycles. The zero-order valence-corrected chi connectivity index (χ0v) is 11.8. The monoisotopic (exact) mass is 325 g/mol. The molecule has 0 fully saturated rings. The zero-order chi connectivity index (χ0) is 14.1. The van der Waals surface area contributed by atoms with Crippen molar-refractivity contribution in [2.45, 2.75) is 0 Å². The first-order valence-corrected chi connectivity index (χ1v) is 6.71. The number of ether oxygens (including phenoxy) is 1. The Morgan fingerprint density at radius 3 is 2.65 bits per heavy atom. The standard InChI is InChI=1S/C16H8BrNO2/c17-14-6-5-10(7-11(14)9-18)8-15-12-3-1-2-4-13(12)16(19)20-15/h1-8H. The van der Waals surface area contributed by atoms with Crippen LogP contribution in [-0.4, -0.2) is 5.97 Å². The van der Waals surface area contributed by atoms with Gasteiger partial charge in [-0.1, -0.05) is 24.3 Å². The molecular weight excluding hydrogens is 318 g/mol. The van der Waals surface area contributed by atoms with Gasteiger partial charge in [0.2, 0.25) is 0 Å². The Balaban J connectivity index is 2.07. The fourth-order valence-corrected chi connectivity index (χ4v) is 2.40. The minimum Gasteiger partial charge on any atom is -0.422 e. The topological polar surface area (TPSA) is 50.1 Å². The summed E-state index contributed by atoms with van der Waals surface area (Å²) in [5.74, 6) is 0.168. The number of cyclic esters (lactones) is 1. The molecule has 2 aromatic rings. The molecule has 0 aromatic heterocycles. The fraction of sp³-hybridized carbons (Fsp3) is 0. The first-order chi connectivity index (χ1) is 9.69. The van der Waals surface area contributed by atoms with Crippen molar-refractivity contribution in [3.8, 4) is 6.07 Å². The van der Waals surface area contributed by atoms with E-state index in [1.54, 1.807) is 30.3 Å². The van der Waals surface area contributed by atoms with Gasteiger partial charge in [0.15, 0.2) is 0 Å². The number of hydrogen-bond donors (Lipinski definition) is 0. The molecule has 0 radical (unpaired) electrons. The third-order valence-electron chi connectivity index (χ3n) is 3.02. The van der Waals surface area contributed by atoms with Crippen LogP contribution in [0.5, 0.6) is 0 Å². The van der Waals surface area contributed by atoms with Crippen molar-refractivity contribution in [1.29, 1.82) is 5.26 Å². The van der Waals surface area contributed by atoms with Crippen LogP contribution in [0.3, 0.4) is 0 Å². The molecule has 0 saturated heterocycles. The van der Waals surface area contributed by atoms with E-state index >= 15 is 0 Å². The highest BCUT2D eigenvalue weighted by atomic mass is 79.9. The van der Waals surface area contributed by atoms with Crippen LogP contribution < -0.4 is 0 Å². The Morgan fingerprint density at radius 2 is 1.90 bits per heavy atom. The zero-order valence-electron chi connectivity index (χ0n) is 10.3. The second-order valence-corrected chi connectivity index (χ2v) is 5.15. The van der Waals surface area contributed by atoms with Crippen molar-refractivity contribution in [3.05, 3.63) is 69.2 Å². The first-order valence-electron chi connectivity index (χ1n) is 5.92. The molecular formula is C16H8BrNO2. The van der Waals surface area contributed by atoms with E-state index in [0.717, 1.165) is 15.6 Å². The summed E-state index contributed by atoms with van der Waals surface area (Å²) in [6.07, 6.45) is 1.76. The van der Waals surface area contributed by atoms with Crippen LogP contribution >= 0.6 is 15.9 Å². The SMILES string of the molecule is N#Cc1cc(C=C2OC(=O)c3ccccc32)ccc1Br. The number of rotatable bonds is 1. The van der Waals surface area contributed by atoms with Crippen LogP contribution in [0.25, 0.3) is 11.8 Å². The molecule has 1 aliphatic heterocycles. The number of fused-ring (bicyclic) bond motifs is 1. The molecule has 1 heterocycles.